The Morgan fingerprint density at radius 2 is 1.65 bits per heavy atom. The lowest BCUT2D eigenvalue weighted by atomic mass is 9.83. The molecule has 1 unspecified atom stereocenters. The number of hydrogen-bond acceptors (Lipinski definition) is 3. The van der Waals surface area contributed by atoms with Crippen LogP contribution in [0.15, 0.2) is 0 Å². The second-order valence-electron chi connectivity index (χ2n) is 7.50. The zero-order valence-electron chi connectivity index (χ0n) is 13.7. The van der Waals surface area contributed by atoms with Crippen molar-refractivity contribution >= 4 is 11.9 Å². The number of amides is 1. The predicted molar refractivity (Wildman–Crippen MR) is 80.3 cm³/mol. The van der Waals surface area contributed by atoms with E-state index in [-0.39, 0.29) is 36.8 Å². The molecule has 0 spiro atoms. The van der Waals surface area contributed by atoms with Crippen LogP contribution in [0.2, 0.25) is 0 Å². The Morgan fingerprint density at radius 1 is 1.15 bits per heavy atom. The summed E-state index contributed by atoms with van der Waals surface area (Å²) in [6, 6.07) is 0. The minimum absolute atomic E-state index is 0.00997. The number of nitrogens with two attached hydrogens (primary N) is 1. The van der Waals surface area contributed by atoms with Crippen LogP contribution in [0.4, 0.5) is 0 Å². The third-order valence-electron chi connectivity index (χ3n) is 3.12. The molecule has 0 aliphatic heterocycles. The van der Waals surface area contributed by atoms with Gasteiger partial charge in [0.25, 0.3) is 0 Å². The molecule has 0 bridgehead atoms. The van der Waals surface area contributed by atoms with Crippen molar-refractivity contribution in [2.24, 2.45) is 17.1 Å². The minimum Gasteiger partial charge on any atom is -0.481 e. The van der Waals surface area contributed by atoms with Crippen molar-refractivity contribution < 1.29 is 14.7 Å². The molecule has 1 amide bonds. The molecule has 0 rings (SSSR count). The highest BCUT2D eigenvalue weighted by Gasteiger charge is 2.33. The van der Waals surface area contributed by atoms with Gasteiger partial charge in [0.2, 0.25) is 5.91 Å². The fraction of sp³-hybridized carbons (Fsp3) is 0.867. The highest BCUT2D eigenvalue weighted by Crippen LogP contribution is 2.27. The summed E-state index contributed by atoms with van der Waals surface area (Å²) in [5.41, 5.74) is 5.36. The molecular weight excluding hydrogens is 256 g/mol. The van der Waals surface area contributed by atoms with E-state index in [1.807, 2.05) is 20.8 Å². The second-order valence-corrected chi connectivity index (χ2v) is 7.50. The zero-order chi connectivity index (χ0) is 16.1. The van der Waals surface area contributed by atoms with Crippen molar-refractivity contribution in [3.8, 4) is 0 Å². The van der Waals surface area contributed by atoms with E-state index in [0.29, 0.717) is 6.42 Å². The topological polar surface area (TPSA) is 83.6 Å². The summed E-state index contributed by atoms with van der Waals surface area (Å²) in [5.74, 6) is -1.20. The lowest BCUT2D eigenvalue weighted by molar-refractivity contribution is -0.143. The Morgan fingerprint density at radius 3 is 1.95 bits per heavy atom. The summed E-state index contributed by atoms with van der Waals surface area (Å²) >= 11 is 0. The first-order valence-electron chi connectivity index (χ1n) is 7.12. The van der Waals surface area contributed by atoms with Gasteiger partial charge in [-0.1, -0.05) is 20.8 Å². The molecule has 20 heavy (non-hydrogen) atoms. The lowest BCUT2D eigenvalue weighted by Crippen LogP contribution is -2.50. The molecule has 1 atom stereocenters. The highest BCUT2D eigenvalue weighted by atomic mass is 16.4. The number of carboxylic acid groups (broad SMARTS) is 1. The third kappa shape index (κ3) is 6.89. The highest BCUT2D eigenvalue weighted by molar-refractivity contribution is 5.80. The first-order chi connectivity index (χ1) is 8.88. The van der Waals surface area contributed by atoms with Gasteiger partial charge in [0.15, 0.2) is 0 Å². The summed E-state index contributed by atoms with van der Waals surface area (Å²) in [6.07, 6.45) is 0.651. The van der Waals surface area contributed by atoms with Gasteiger partial charge in [0.05, 0.1) is 12.3 Å². The van der Waals surface area contributed by atoms with Crippen LogP contribution in [-0.4, -0.2) is 40.5 Å². The molecule has 118 valence electrons. The van der Waals surface area contributed by atoms with Crippen molar-refractivity contribution in [1.82, 2.24) is 4.90 Å². The van der Waals surface area contributed by atoms with Gasteiger partial charge >= 0.3 is 5.97 Å². The van der Waals surface area contributed by atoms with Gasteiger partial charge < -0.3 is 15.7 Å². The number of nitrogens with zero attached hydrogens (tertiary/aromatic N) is 1. The van der Waals surface area contributed by atoms with Gasteiger partial charge in [0, 0.05) is 18.6 Å². The molecule has 5 nitrogen and oxygen atoms in total. The van der Waals surface area contributed by atoms with Crippen molar-refractivity contribution in [3.05, 3.63) is 0 Å². The largest absolute Gasteiger partial charge is 0.481 e. The standard InChI is InChI=1S/C15H30N2O3/c1-14(2,3)9-11(10-16)13(20)17(15(4,5)6)8-7-12(18)19/h11H,7-10,16H2,1-6H3,(H,18,19). The maximum atomic E-state index is 12.7. The number of carboxylic acids is 1. The van der Waals surface area contributed by atoms with E-state index < -0.39 is 11.5 Å². The summed E-state index contributed by atoms with van der Waals surface area (Å²) in [5, 5.41) is 8.83. The van der Waals surface area contributed by atoms with Crippen molar-refractivity contribution in [2.75, 3.05) is 13.1 Å². The molecular formula is C15H30N2O3. The molecule has 0 fully saturated rings. The number of aliphatic carboxylic acids is 1. The third-order valence-corrected chi connectivity index (χ3v) is 3.12. The molecule has 0 radical (unpaired) electrons. The van der Waals surface area contributed by atoms with Crippen LogP contribution in [0.5, 0.6) is 0 Å². The van der Waals surface area contributed by atoms with Gasteiger partial charge in [-0.25, -0.2) is 0 Å². The molecule has 0 aliphatic rings. The molecule has 0 heterocycles. The lowest BCUT2D eigenvalue weighted by Gasteiger charge is -2.39. The zero-order valence-corrected chi connectivity index (χ0v) is 13.7. The first kappa shape index (κ1) is 18.9. The molecule has 5 heteroatoms. The quantitative estimate of drug-likeness (QED) is 0.783. The van der Waals surface area contributed by atoms with Crippen molar-refractivity contribution in [2.45, 2.75) is 59.9 Å². The van der Waals surface area contributed by atoms with E-state index in [0.717, 1.165) is 0 Å². The van der Waals surface area contributed by atoms with E-state index in [2.05, 4.69) is 20.8 Å². The van der Waals surface area contributed by atoms with Crippen molar-refractivity contribution in [3.63, 3.8) is 0 Å². The smallest absolute Gasteiger partial charge is 0.305 e. The molecule has 0 aliphatic carbocycles. The number of carbonyl (C=O) groups excluding carboxylic acids is 1. The summed E-state index contributed by atoms with van der Waals surface area (Å²) in [7, 11) is 0. The van der Waals surface area contributed by atoms with E-state index in [1.54, 1.807) is 4.90 Å². The van der Waals surface area contributed by atoms with Crippen LogP contribution < -0.4 is 5.73 Å². The average Bonchev–Trinajstić information content (AvgIpc) is 2.22. The Kier molecular flexibility index (Phi) is 6.68. The predicted octanol–water partition coefficient (Wildman–Crippen LogP) is 2.10. The van der Waals surface area contributed by atoms with E-state index in [4.69, 9.17) is 10.8 Å². The molecule has 0 aromatic carbocycles. The molecule has 0 saturated carbocycles. The van der Waals surface area contributed by atoms with Crippen molar-refractivity contribution in [1.29, 1.82) is 0 Å². The Labute approximate surface area is 122 Å². The minimum atomic E-state index is -0.896. The van der Waals surface area contributed by atoms with Crippen LogP contribution in [-0.2, 0) is 9.59 Å². The van der Waals surface area contributed by atoms with Crippen LogP contribution in [0.1, 0.15) is 54.4 Å². The SMILES string of the molecule is CC(C)(C)CC(CN)C(=O)N(CCC(=O)O)C(C)(C)C. The van der Waals surface area contributed by atoms with Crippen LogP contribution in [0.3, 0.4) is 0 Å². The van der Waals surface area contributed by atoms with Gasteiger partial charge in [-0.15, -0.1) is 0 Å². The fourth-order valence-corrected chi connectivity index (χ4v) is 2.21. The van der Waals surface area contributed by atoms with E-state index >= 15 is 0 Å². The van der Waals surface area contributed by atoms with Gasteiger partial charge in [-0.05, 0) is 32.6 Å². The maximum Gasteiger partial charge on any atom is 0.305 e. The number of rotatable bonds is 6. The van der Waals surface area contributed by atoms with Crippen LogP contribution in [0, 0.1) is 11.3 Å². The maximum absolute atomic E-state index is 12.7. The molecule has 0 saturated heterocycles. The summed E-state index contributed by atoms with van der Waals surface area (Å²) in [4.78, 5) is 25.1. The Balaban J connectivity index is 5.04. The van der Waals surface area contributed by atoms with Gasteiger partial charge in [0.1, 0.15) is 0 Å². The van der Waals surface area contributed by atoms with Crippen LogP contribution in [0.25, 0.3) is 0 Å². The average molecular weight is 286 g/mol. The molecule has 3 N–H and O–H groups in total. The fourth-order valence-electron chi connectivity index (χ4n) is 2.21. The summed E-state index contributed by atoms with van der Waals surface area (Å²) in [6.45, 7) is 12.5. The summed E-state index contributed by atoms with van der Waals surface area (Å²) < 4.78 is 0. The Hall–Kier alpha value is -1.10. The van der Waals surface area contributed by atoms with E-state index in [1.165, 1.54) is 0 Å². The normalized spacial score (nSPS) is 13.9. The first-order valence-corrected chi connectivity index (χ1v) is 7.12. The van der Waals surface area contributed by atoms with Gasteiger partial charge in [-0.2, -0.15) is 0 Å². The number of carbonyl (C=O) groups is 2. The monoisotopic (exact) mass is 286 g/mol. The number of hydrogen-bond donors (Lipinski definition) is 2. The van der Waals surface area contributed by atoms with Crippen LogP contribution >= 0.6 is 0 Å². The second kappa shape index (κ2) is 7.07. The molecule has 0 aromatic heterocycles. The Bertz CT molecular complexity index is 340. The van der Waals surface area contributed by atoms with Gasteiger partial charge in [-0.3, -0.25) is 9.59 Å². The van der Waals surface area contributed by atoms with E-state index in [9.17, 15) is 9.59 Å². The molecule has 0 aromatic rings.